The van der Waals surface area contributed by atoms with E-state index in [1.54, 1.807) is 12.6 Å². The second kappa shape index (κ2) is 6.07. The molecule has 2 heterocycles. The minimum absolute atomic E-state index is 0.376. The van der Waals surface area contributed by atoms with Crippen LogP contribution < -0.4 is 5.32 Å². The molecule has 1 aliphatic rings. The van der Waals surface area contributed by atoms with E-state index in [0.717, 1.165) is 37.3 Å². The van der Waals surface area contributed by atoms with Crippen molar-refractivity contribution in [3.8, 4) is 0 Å². The normalized spacial score (nSPS) is 15.7. The molecule has 1 aliphatic carbocycles. The monoisotopic (exact) mass is 271 g/mol. The van der Waals surface area contributed by atoms with Crippen LogP contribution in [-0.4, -0.2) is 16.0 Å². The number of aryl methyl sites for hydroxylation is 2. The fourth-order valence-electron chi connectivity index (χ4n) is 2.76. The van der Waals surface area contributed by atoms with E-state index in [2.05, 4.69) is 22.2 Å². The Morgan fingerprint density at radius 3 is 3.05 bits per heavy atom. The lowest BCUT2D eigenvalue weighted by molar-refractivity contribution is 0.494. The number of furan rings is 1. The summed E-state index contributed by atoms with van der Waals surface area (Å²) in [7, 11) is 0. The number of nitrogens with one attached hydrogen (secondary N) is 1. The molecule has 1 unspecified atom stereocenters. The first kappa shape index (κ1) is 13.2. The van der Waals surface area contributed by atoms with Gasteiger partial charge in [0, 0.05) is 23.7 Å². The molecule has 0 spiro atoms. The summed E-state index contributed by atoms with van der Waals surface area (Å²) >= 11 is 0. The highest BCUT2D eigenvalue weighted by Crippen LogP contribution is 2.25. The molecule has 3 rings (SSSR count). The lowest BCUT2D eigenvalue weighted by Crippen LogP contribution is -2.20. The fourth-order valence-corrected chi connectivity index (χ4v) is 2.76. The summed E-state index contributed by atoms with van der Waals surface area (Å²) in [6.45, 7) is 2.19. The number of rotatable bonds is 5. The van der Waals surface area contributed by atoms with E-state index in [4.69, 9.17) is 4.42 Å². The molecule has 0 aliphatic heterocycles. The highest BCUT2D eigenvalue weighted by molar-refractivity contribution is 5.47. The van der Waals surface area contributed by atoms with Crippen LogP contribution in [0.4, 0.5) is 5.82 Å². The number of hydrogen-bond acceptors (Lipinski definition) is 4. The molecule has 0 saturated heterocycles. The number of nitrogens with zero attached hydrogens (tertiary/aromatic N) is 2. The first-order valence-corrected chi connectivity index (χ1v) is 7.44. The van der Waals surface area contributed by atoms with Crippen LogP contribution in [-0.2, 0) is 19.3 Å². The van der Waals surface area contributed by atoms with E-state index in [1.165, 1.54) is 24.1 Å². The Kier molecular flexibility index (Phi) is 4.00. The maximum Gasteiger partial charge on any atom is 0.133 e. The van der Waals surface area contributed by atoms with Crippen LogP contribution in [0, 0.1) is 0 Å². The van der Waals surface area contributed by atoms with Crippen molar-refractivity contribution >= 4 is 5.82 Å². The van der Waals surface area contributed by atoms with Crippen molar-refractivity contribution < 1.29 is 4.42 Å². The van der Waals surface area contributed by atoms with Gasteiger partial charge in [-0.25, -0.2) is 9.97 Å². The van der Waals surface area contributed by atoms with Crippen molar-refractivity contribution in [1.82, 2.24) is 9.97 Å². The largest absolute Gasteiger partial charge is 0.469 e. The fraction of sp³-hybridized carbons (Fsp3) is 0.500. The molecular formula is C16H21N3O. The number of aromatic nitrogens is 2. The van der Waals surface area contributed by atoms with Gasteiger partial charge in [-0.05, 0) is 51.2 Å². The van der Waals surface area contributed by atoms with Crippen molar-refractivity contribution in [2.24, 2.45) is 0 Å². The zero-order valence-electron chi connectivity index (χ0n) is 11.9. The van der Waals surface area contributed by atoms with Crippen molar-refractivity contribution in [2.75, 3.05) is 5.32 Å². The van der Waals surface area contributed by atoms with Crippen molar-refractivity contribution in [3.63, 3.8) is 0 Å². The van der Waals surface area contributed by atoms with Crippen LogP contribution in [0.1, 0.15) is 43.2 Å². The summed E-state index contributed by atoms with van der Waals surface area (Å²) in [6.07, 6.45) is 10.1. The highest BCUT2D eigenvalue weighted by Gasteiger charge is 2.16. The van der Waals surface area contributed by atoms with Gasteiger partial charge >= 0.3 is 0 Å². The summed E-state index contributed by atoms with van der Waals surface area (Å²) in [5.74, 6) is 2.07. The van der Waals surface area contributed by atoms with Gasteiger partial charge in [0.1, 0.15) is 17.9 Å². The van der Waals surface area contributed by atoms with Gasteiger partial charge in [-0.3, -0.25) is 0 Å². The van der Waals surface area contributed by atoms with Gasteiger partial charge < -0.3 is 9.73 Å². The molecule has 2 aromatic heterocycles. The zero-order valence-corrected chi connectivity index (χ0v) is 11.9. The van der Waals surface area contributed by atoms with Crippen LogP contribution >= 0.6 is 0 Å². The topological polar surface area (TPSA) is 51.0 Å². The summed E-state index contributed by atoms with van der Waals surface area (Å²) in [6, 6.07) is 4.34. The maximum atomic E-state index is 5.37. The second-order valence-corrected chi connectivity index (χ2v) is 5.52. The molecule has 1 atom stereocenters. The first-order chi connectivity index (χ1) is 9.83. The number of fused-ring (bicyclic) bond motifs is 1. The van der Waals surface area contributed by atoms with E-state index >= 15 is 0 Å². The standard InChI is InChI=1S/C16H21N3O/c1-12(8-9-13-5-4-10-20-13)19-16-14-6-2-3-7-15(14)17-11-18-16/h4-5,10-12H,2-3,6-9H2,1H3,(H,17,18,19). The third kappa shape index (κ3) is 3.00. The van der Waals surface area contributed by atoms with Crippen LogP contribution in [0.3, 0.4) is 0 Å². The van der Waals surface area contributed by atoms with Gasteiger partial charge in [0.25, 0.3) is 0 Å². The van der Waals surface area contributed by atoms with Gasteiger partial charge in [-0.2, -0.15) is 0 Å². The molecule has 20 heavy (non-hydrogen) atoms. The Labute approximate surface area is 119 Å². The molecular weight excluding hydrogens is 250 g/mol. The Balaban J connectivity index is 1.62. The molecule has 0 radical (unpaired) electrons. The molecule has 2 aromatic rings. The number of anilines is 1. The maximum absolute atomic E-state index is 5.37. The van der Waals surface area contributed by atoms with Crippen LogP contribution in [0.15, 0.2) is 29.1 Å². The Morgan fingerprint density at radius 1 is 1.30 bits per heavy atom. The lowest BCUT2D eigenvalue weighted by Gasteiger charge is -2.21. The molecule has 0 aromatic carbocycles. The Morgan fingerprint density at radius 2 is 2.20 bits per heavy atom. The molecule has 106 valence electrons. The smallest absolute Gasteiger partial charge is 0.133 e. The highest BCUT2D eigenvalue weighted by atomic mass is 16.3. The summed E-state index contributed by atoms with van der Waals surface area (Å²) < 4.78 is 5.37. The Hall–Kier alpha value is -1.84. The third-order valence-corrected chi connectivity index (χ3v) is 3.91. The van der Waals surface area contributed by atoms with E-state index in [0.29, 0.717) is 6.04 Å². The van der Waals surface area contributed by atoms with Crippen molar-refractivity contribution in [1.29, 1.82) is 0 Å². The van der Waals surface area contributed by atoms with Crippen molar-refractivity contribution in [2.45, 2.75) is 51.5 Å². The quantitative estimate of drug-likeness (QED) is 0.905. The van der Waals surface area contributed by atoms with Crippen molar-refractivity contribution in [3.05, 3.63) is 41.7 Å². The van der Waals surface area contributed by atoms with Gasteiger partial charge in [-0.1, -0.05) is 0 Å². The van der Waals surface area contributed by atoms with Gasteiger partial charge in [0.15, 0.2) is 0 Å². The van der Waals surface area contributed by atoms with E-state index in [9.17, 15) is 0 Å². The summed E-state index contributed by atoms with van der Waals surface area (Å²) in [5.41, 5.74) is 2.55. The van der Waals surface area contributed by atoms with E-state index in [1.807, 2.05) is 12.1 Å². The van der Waals surface area contributed by atoms with E-state index in [-0.39, 0.29) is 0 Å². The summed E-state index contributed by atoms with van der Waals surface area (Å²) in [5, 5.41) is 3.54. The number of hydrogen-bond donors (Lipinski definition) is 1. The molecule has 0 fully saturated rings. The second-order valence-electron chi connectivity index (χ2n) is 5.52. The third-order valence-electron chi connectivity index (χ3n) is 3.91. The molecule has 0 saturated carbocycles. The molecule has 1 N–H and O–H groups in total. The predicted molar refractivity (Wildman–Crippen MR) is 78.8 cm³/mol. The van der Waals surface area contributed by atoms with Crippen LogP contribution in [0.25, 0.3) is 0 Å². The average Bonchev–Trinajstić information content (AvgIpc) is 2.99. The SMILES string of the molecule is CC(CCc1ccco1)Nc1ncnc2c1CCCC2. The predicted octanol–water partition coefficient (Wildman–Crippen LogP) is 3.38. The lowest BCUT2D eigenvalue weighted by atomic mass is 9.96. The molecule has 4 heteroatoms. The van der Waals surface area contributed by atoms with Gasteiger partial charge in [-0.15, -0.1) is 0 Å². The zero-order chi connectivity index (χ0) is 13.8. The molecule has 4 nitrogen and oxygen atoms in total. The minimum Gasteiger partial charge on any atom is -0.469 e. The van der Waals surface area contributed by atoms with Gasteiger partial charge in [0.2, 0.25) is 0 Å². The molecule has 0 amide bonds. The molecule has 0 bridgehead atoms. The van der Waals surface area contributed by atoms with Gasteiger partial charge in [0.05, 0.1) is 6.26 Å². The van der Waals surface area contributed by atoms with E-state index < -0.39 is 0 Å². The first-order valence-electron chi connectivity index (χ1n) is 7.44. The Bertz CT molecular complexity index is 551. The summed E-state index contributed by atoms with van der Waals surface area (Å²) in [4.78, 5) is 8.84. The average molecular weight is 271 g/mol. The van der Waals surface area contributed by atoms with Crippen LogP contribution in [0.2, 0.25) is 0 Å². The van der Waals surface area contributed by atoms with Crippen LogP contribution in [0.5, 0.6) is 0 Å². The minimum atomic E-state index is 0.376.